The average molecular weight is 144 g/mol. The van der Waals surface area contributed by atoms with Gasteiger partial charge in [-0.2, -0.15) is 0 Å². The Bertz CT molecular complexity index is 13.5. The van der Waals surface area contributed by atoms with Gasteiger partial charge in [-0.05, 0) is 0 Å². The van der Waals surface area contributed by atoms with E-state index in [4.69, 9.17) is 3.83 Å². The van der Waals surface area contributed by atoms with Crippen molar-refractivity contribution in [2.24, 2.45) is 0 Å². The van der Waals surface area contributed by atoms with Gasteiger partial charge >= 0.3 is 57.5 Å². The average Bonchev–Trinajstić information content (AvgIpc) is 1.00. The molecule has 4 heavy (non-hydrogen) atoms. The second-order valence-electron chi connectivity index (χ2n) is 0. The monoisotopic (exact) mass is 144 g/mol. The number of hydrogen-bond donors (Lipinski definition) is 0. The van der Waals surface area contributed by atoms with Crippen LogP contribution in [0.15, 0.2) is 0 Å². The fraction of sp³-hybridized carbons (Fsp3) is 0. The standard InChI is InChI=1S/Al.Ca.Fe.O.5H/q;+2;;;;;;2*-1. The predicted octanol–water partition coefficient (Wildman–Crippen LogP) is -1.46. The van der Waals surface area contributed by atoms with E-state index in [0.29, 0.717) is 0 Å². The summed E-state index contributed by atoms with van der Waals surface area (Å²) in [4.78, 5) is 0. The van der Waals surface area contributed by atoms with Crippen molar-refractivity contribution in [3.05, 3.63) is 0 Å². The van der Waals surface area contributed by atoms with E-state index >= 15 is 0 Å². The normalized spacial score (nSPS) is 1.25. The molecule has 0 saturated heterocycles. The zero-order valence-electron chi connectivity index (χ0n) is 3.47. The molecule has 0 rings (SSSR count). The van der Waals surface area contributed by atoms with Gasteiger partial charge in [-0.15, -0.1) is 0 Å². The topological polar surface area (TPSA) is 17.1 Å². The van der Waals surface area contributed by atoms with Crippen LogP contribution >= 0.6 is 0 Å². The van der Waals surface area contributed by atoms with Crippen molar-refractivity contribution in [2.45, 2.75) is 0 Å². The molecule has 0 fully saturated rings. The summed E-state index contributed by atoms with van der Waals surface area (Å²) >= 11 is 2.00. The van der Waals surface area contributed by atoms with Crippen molar-refractivity contribution in [1.29, 1.82) is 0 Å². The third-order valence-electron chi connectivity index (χ3n) is 0. The summed E-state index contributed by atoms with van der Waals surface area (Å²) in [7, 11) is 0. The van der Waals surface area contributed by atoms with Crippen LogP contribution in [0.5, 0.6) is 0 Å². The van der Waals surface area contributed by atoms with Crippen LogP contribution in [0.2, 0.25) is 0 Å². The minimum atomic E-state index is 0. The zero-order valence-corrected chi connectivity index (χ0v) is 4.78. The van der Waals surface area contributed by atoms with E-state index in [1.807, 2.05) is 15.9 Å². The molecule has 0 amide bonds. The van der Waals surface area contributed by atoms with Crippen molar-refractivity contribution >= 4 is 55.1 Å². The van der Waals surface area contributed by atoms with E-state index in [9.17, 15) is 0 Å². The van der Waals surface area contributed by atoms with E-state index in [-0.39, 0.29) is 58.0 Å². The molecule has 0 aliphatic heterocycles. The molecule has 0 aromatic carbocycles. The Labute approximate surface area is 76.6 Å². The molecule has 0 aliphatic rings. The maximum atomic E-state index is 8.00. The van der Waals surface area contributed by atoms with Crippen molar-refractivity contribution < 1.29 is 22.6 Å². The van der Waals surface area contributed by atoms with Gasteiger partial charge in [-0.25, -0.2) is 0 Å². The van der Waals surface area contributed by atoms with Gasteiger partial charge in [0.1, 0.15) is 0 Å². The third-order valence-corrected chi connectivity index (χ3v) is 0. The van der Waals surface area contributed by atoms with E-state index < -0.39 is 0 Å². The molecule has 1 nitrogen and oxygen atoms in total. The fourth-order valence-corrected chi connectivity index (χ4v) is 0. The molecule has 0 aliphatic carbocycles. The second-order valence-corrected chi connectivity index (χ2v) is 0. The summed E-state index contributed by atoms with van der Waals surface area (Å²) in [6, 6.07) is 0. The predicted molar refractivity (Wildman–Crippen MR) is 18.6 cm³/mol. The van der Waals surface area contributed by atoms with Crippen LogP contribution < -0.4 is 0 Å². The summed E-state index contributed by atoms with van der Waals surface area (Å²) in [6.45, 7) is 0. The molecular formula is H5AlCaFeO. The van der Waals surface area contributed by atoms with Gasteiger partial charge in [0.25, 0.3) is 0 Å². The van der Waals surface area contributed by atoms with Crippen LogP contribution in [-0.4, -0.2) is 55.1 Å². The van der Waals surface area contributed by atoms with Crippen LogP contribution in [0.1, 0.15) is 2.85 Å². The minimum absolute atomic E-state index is 0. The van der Waals surface area contributed by atoms with E-state index in [1.54, 1.807) is 0 Å². The molecule has 0 aromatic rings. The molecular weight excluding hydrogens is 139 g/mol. The molecule has 0 aromatic heterocycles. The first-order chi connectivity index (χ1) is 1.00. The summed E-state index contributed by atoms with van der Waals surface area (Å²) in [5.74, 6) is 0. The third kappa shape index (κ3) is 8.93. The summed E-state index contributed by atoms with van der Waals surface area (Å²) in [5, 5.41) is 0. The van der Waals surface area contributed by atoms with Crippen LogP contribution in [-0.2, 0) is 19.8 Å². The SMILES string of the molecule is [AlH3].[Ca+2].[H-].[H-].[O]=[Fe]. The van der Waals surface area contributed by atoms with E-state index in [1.165, 1.54) is 0 Å². The molecule has 0 N–H and O–H groups in total. The summed E-state index contributed by atoms with van der Waals surface area (Å²) in [6.07, 6.45) is 0. The number of rotatable bonds is 0. The Hall–Kier alpha value is 2.11. The first-order valence-corrected chi connectivity index (χ1v) is 0.595. The molecule has 0 bridgehead atoms. The molecule has 24 valence electrons. The molecule has 0 heterocycles. The molecule has 0 atom stereocenters. The van der Waals surface area contributed by atoms with Crippen LogP contribution in [0.3, 0.4) is 0 Å². The number of hydrogen-bond acceptors (Lipinski definition) is 1. The molecule has 0 unspecified atom stereocenters. The van der Waals surface area contributed by atoms with Crippen molar-refractivity contribution in [3.63, 3.8) is 0 Å². The van der Waals surface area contributed by atoms with Gasteiger partial charge in [0.15, 0.2) is 17.4 Å². The van der Waals surface area contributed by atoms with Gasteiger partial charge in [0.2, 0.25) is 0 Å². The zero-order chi connectivity index (χ0) is 2.00. The molecule has 4 heteroatoms. The van der Waals surface area contributed by atoms with Gasteiger partial charge in [-0.1, -0.05) is 0 Å². The van der Waals surface area contributed by atoms with E-state index in [0.717, 1.165) is 0 Å². The Balaban J connectivity index is -0.000000000833. The van der Waals surface area contributed by atoms with E-state index in [2.05, 4.69) is 0 Å². The molecule has 0 saturated carbocycles. The maximum absolute atomic E-state index is 8.00. The Morgan fingerprint density at radius 1 is 1.50 bits per heavy atom. The fourth-order valence-electron chi connectivity index (χ4n) is 0. The Kier molecular flexibility index (Phi) is 79.9. The molecule has 0 radical (unpaired) electrons. The summed E-state index contributed by atoms with van der Waals surface area (Å²) < 4.78 is 8.00. The van der Waals surface area contributed by atoms with Gasteiger partial charge in [0.05, 0.1) is 0 Å². The summed E-state index contributed by atoms with van der Waals surface area (Å²) in [5.41, 5.74) is 0. The van der Waals surface area contributed by atoms with Gasteiger partial charge in [-0.3, -0.25) is 0 Å². The van der Waals surface area contributed by atoms with Crippen molar-refractivity contribution in [3.8, 4) is 0 Å². The first-order valence-electron chi connectivity index (χ1n) is 0.144. The van der Waals surface area contributed by atoms with Gasteiger partial charge in [0, 0.05) is 0 Å². The quantitative estimate of drug-likeness (QED) is 0.379. The Morgan fingerprint density at radius 2 is 1.50 bits per heavy atom. The van der Waals surface area contributed by atoms with Crippen LogP contribution in [0, 0.1) is 0 Å². The Morgan fingerprint density at radius 3 is 1.50 bits per heavy atom. The second kappa shape index (κ2) is 19.4. The van der Waals surface area contributed by atoms with Crippen molar-refractivity contribution in [2.75, 3.05) is 0 Å². The molecule has 0 spiro atoms. The van der Waals surface area contributed by atoms with Gasteiger partial charge < -0.3 is 2.85 Å². The van der Waals surface area contributed by atoms with Crippen LogP contribution in [0.25, 0.3) is 0 Å². The first kappa shape index (κ1) is 16.5. The van der Waals surface area contributed by atoms with Crippen LogP contribution in [0.4, 0.5) is 0 Å². The van der Waals surface area contributed by atoms with Crippen molar-refractivity contribution in [1.82, 2.24) is 0 Å².